The smallest absolute Gasteiger partial charge is 0.278 e. The minimum atomic E-state index is -0.0672. The summed E-state index contributed by atoms with van der Waals surface area (Å²) in [5.41, 5.74) is 3.88. The van der Waals surface area contributed by atoms with Gasteiger partial charge in [-0.3, -0.25) is 9.69 Å². The van der Waals surface area contributed by atoms with Gasteiger partial charge in [0.15, 0.2) is 5.69 Å². The summed E-state index contributed by atoms with van der Waals surface area (Å²) in [5.74, 6) is -0.0672. The molecule has 126 valence electrons. The summed E-state index contributed by atoms with van der Waals surface area (Å²) in [7, 11) is 0. The van der Waals surface area contributed by atoms with Crippen LogP contribution < -0.4 is 0 Å². The minimum absolute atomic E-state index is 0.0672. The molecule has 1 amide bonds. The molecule has 1 aromatic heterocycles. The lowest BCUT2D eigenvalue weighted by Gasteiger charge is -2.41. The van der Waals surface area contributed by atoms with Crippen LogP contribution in [-0.4, -0.2) is 58.2 Å². The molecule has 1 aliphatic carbocycles. The Morgan fingerprint density at radius 2 is 1.88 bits per heavy atom. The summed E-state index contributed by atoms with van der Waals surface area (Å²) < 4.78 is 4.65. The Morgan fingerprint density at radius 3 is 2.58 bits per heavy atom. The molecule has 0 bridgehead atoms. The number of hydrogen-bond donors (Lipinski definition) is 0. The molecular formula is C18H22N4O2. The lowest BCUT2D eigenvalue weighted by Crippen LogP contribution is -2.53. The van der Waals surface area contributed by atoms with Crippen LogP contribution in [0.5, 0.6) is 0 Å². The van der Waals surface area contributed by atoms with Crippen LogP contribution in [0.1, 0.15) is 33.7 Å². The van der Waals surface area contributed by atoms with Gasteiger partial charge in [0, 0.05) is 32.2 Å². The number of fused-ring (bicyclic) bond motifs is 1. The van der Waals surface area contributed by atoms with Gasteiger partial charge in [-0.2, -0.15) is 0 Å². The van der Waals surface area contributed by atoms with Crippen LogP contribution in [0.15, 0.2) is 28.9 Å². The van der Waals surface area contributed by atoms with E-state index in [9.17, 15) is 4.79 Å². The van der Waals surface area contributed by atoms with E-state index in [1.165, 1.54) is 17.5 Å². The molecule has 1 aromatic carbocycles. The summed E-state index contributed by atoms with van der Waals surface area (Å²) in [6.45, 7) is 5.07. The molecular weight excluding hydrogens is 304 g/mol. The first-order chi connectivity index (χ1) is 11.7. The Labute approximate surface area is 141 Å². The normalized spacial score (nSPS) is 21.5. The van der Waals surface area contributed by atoms with Crippen molar-refractivity contribution in [3.8, 4) is 0 Å². The number of rotatable bonds is 2. The molecule has 6 heteroatoms. The van der Waals surface area contributed by atoms with Gasteiger partial charge in [0.2, 0.25) is 0 Å². The molecule has 2 aliphatic rings. The maximum atomic E-state index is 12.5. The second-order valence-corrected chi connectivity index (χ2v) is 6.69. The standard InChI is InChI=1S/C18H22N4O2/c1-13-17(20-24-19-13)18(23)22-10-8-21(9-11-22)16-7-6-14-4-2-3-5-15(14)12-16/h2-5,16H,6-12H2,1H3/t16-/m1/s1. The third kappa shape index (κ3) is 2.82. The van der Waals surface area contributed by atoms with E-state index in [4.69, 9.17) is 0 Å². The van der Waals surface area contributed by atoms with Gasteiger partial charge in [-0.05, 0) is 42.5 Å². The molecule has 2 heterocycles. The zero-order valence-electron chi connectivity index (χ0n) is 13.9. The van der Waals surface area contributed by atoms with Crippen LogP contribution in [0.4, 0.5) is 0 Å². The molecule has 1 atom stereocenters. The van der Waals surface area contributed by atoms with Gasteiger partial charge in [-0.1, -0.05) is 29.4 Å². The van der Waals surface area contributed by atoms with Gasteiger partial charge in [0.25, 0.3) is 5.91 Å². The highest BCUT2D eigenvalue weighted by atomic mass is 16.6. The van der Waals surface area contributed by atoms with Gasteiger partial charge >= 0.3 is 0 Å². The highest BCUT2D eigenvalue weighted by Gasteiger charge is 2.30. The van der Waals surface area contributed by atoms with E-state index >= 15 is 0 Å². The van der Waals surface area contributed by atoms with Crippen molar-refractivity contribution >= 4 is 5.91 Å². The van der Waals surface area contributed by atoms with Crippen molar-refractivity contribution in [3.63, 3.8) is 0 Å². The van der Waals surface area contributed by atoms with Crippen molar-refractivity contribution in [1.82, 2.24) is 20.1 Å². The van der Waals surface area contributed by atoms with Crippen LogP contribution in [0.2, 0.25) is 0 Å². The number of piperazine rings is 1. The van der Waals surface area contributed by atoms with Crippen LogP contribution in [0.3, 0.4) is 0 Å². The predicted octanol–water partition coefficient (Wildman–Crippen LogP) is 1.69. The predicted molar refractivity (Wildman–Crippen MR) is 88.8 cm³/mol. The van der Waals surface area contributed by atoms with Crippen molar-refractivity contribution in [2.45, 2.75) is 32.2 Å². The molecule has 0 N–H and O–H groups in total. The number of carbonyl (C=O) groups excluding carboxylic acids is 1. The third-order valence-corrected chi connectivity index (χ3v) is 5.29. The third-order valence-electron chi connectivity index (χ3n) is 5.29. The number of hydrogen-bond acceptors (Lipinski definition) is 5. The zero-order valence-corrected chi connectivity index (χ0v) is 13.9. The number of aryl methyl sites for hydroxylation is 2. The van der Waals surface area contributed by atoms with Crippen molar-refractivity contribution in [3.05, 3.63) is 46.8 Å². The lowest BCUT2D eigenvalue weighted by molar-refractivity contribution is 0.0543. The van der Waals surface area contributed by atoms with Gasteiger partial charge in [-0.15, -0.1) is 0 Å². The van der Waals surface area contributed by atoms with Gasteiger partial charge in [0.05, 0.1) is 0 Å². The molecule has 1 saturated heterocycles. The average molecular weight is 326 g/mol. The number of carbonyl (C=O) groups is 1. The fourth-order valence-electron chi connectivity index (χ4n) is 3.86. The van der Waals surface area contributed by atoms with Gasteiger partial charge < -0.3 is 4.90 Å². The van der Waals surface area contributed by atoms with E-state index in [1.54, 1.807) is 6.92 Å². The second-order valence-electron chi connectivity index (χ2n) is 6.69. The Morgan fingerprint density at radius 1 is 1.12 bits per heavy atom. The quantitative estimate of drug-likeness (QED) is 0.840. The molecule has 0 unspecified atom stereocenters. The second kappa shape index (κ2) is 6.36. The summed E-state index contributed by atoms with van der Waals surface area (Å²) >= 11 is 0. The van der Waals surface area contributed by atoms with E-state index in [0.29, 0.717) is 17.4 Å². The fourth-order valence-corrected chi connectivity index (χ4v) is 3.86. The summed E-state index contributed by atoms with van der Waals surface area (Å²) in [6, 6.07) is 9.35. The largest absolute Gasteiger partial charge is 0.335 e. The van der Waals surface area contributed by atoms with E-state index in [-0.39, 0.29) is 5.91 Å². The van der Waals surface area contributed by atoms with E-state index in [1.807, 2.05) is 4.90 Å². The first kappa shape index (κ1) is 15.3. The number of benzene rings is 1. The van der Waals surface area contributed by atoms with E-state index < -0.39 is 0 Å². The number of nitrogens with zero attached hydrogens (tertiary/aromatic N) is 4. The SMILES string of the molecule is Cc1nonc1C(=O)N1CCN([C@@H]2CCc3ccccc3C2)CC1. The number of amides is 1. The summed E-state index contributed by atoms with van der Waals surface area (Å²) in [5, 5.41) is 7.43. The molecule has 0 saturated carbocycles. The molecule has 4 rings (SSSR count). The van der Waals surface area contributed by atoms with Gasteiger partial charge in [0.1, 0.15) is 5.69 Å². The Hall–Kier alpha value is -2.21. The highest BCUT2D eigenvalue weighted by Crippen LogP contribution is 2.25. The van der Waals surface area contributed by atoms with Gasteiger partial charge in [-0.25, -0.2) is 4.63 Å². The van der Waals surface area contributed by atoms with Crippen LogP contribution >= 0.6 is 0 Å². The molecule has 6 nitrogen and oxygen atoms in total. The van der Waals surface area contributed by atoms with E-state index in [0.717, 1.165) is 39.0 Å². The maximum Gasteiger partial charge on any atom is 0.278 e. The van der Waals surface area contributed by atoms with Crippen LogP contribution in [0.25, 0.3) is 0 Å². The molecule has 1 fully saturated rings. The molecule has 24 heavy (non-hydrogen) atoms. The first-order valence-electron chi connectivity index (χ1n) is 8.61. The Kier molecular flexibility index (Phi) is 4.06. The lowest BCUT2D eigenvalue weighted by atomic mass is 9.87. The molecule has 1 aliphatic heterocycles. The van der Waals surface area contributed by atoms with Crippen LogP contribution in [-0.2, 0) is 12.8 Å². The van der Waals surface area contributed by atoms with Crippen molar-refractivity contribution in [2.75, 3.05) is 26.2 Å². The van der Waals surface area contributed by atoms with Crippen molar-refractivity contribution in [1.29, 1.82) is 0 Å². The zero-order chi connectivity index (χ0) is 16.5. The highest BCUT2D eigenvalue weighted by molar-refractivity contribution is 5.93. The summed E-state index contributed by atoms with van der Waals surface area (Å²) in [6.07, 6.45) is 3.48. The van der Waals surface area contributed by atoms with E-state index in [2.05, 4.69) is 44.1 Å². The first-order valence-corrected chi connectivity index (χ1v) is 8.61. The molecule has 0 radical (unpaired) electrons. The Bertz CT molecular complexity index is 734. The minimum Gasteiger partial charge on any atom is -0.335 e. The number of aromatic nitrogens is 2. The van der Waals surface area contributed by atoms with Crippen molar-refractivity contribution < 1.29 is 9.42 Å². The average Bonchev–Trinajstić information content (AvgIpc) is 3.07. The molecule has 2 aromatic rings. The fraction of sp³-hybridized carbons (Fsp3) is 0.500. The van der Waals surface area contributed by atoms with Crippen molar-refractivity contribution in [2.24, 2.45) is 0 Å². The monoisotopic (exact) mass is 326 g/mol. The van der Waals surface area contributed by atoms with Crippen LogP contribution in [0, 0.1) is 6.92 Å². The maximum absolute atomic E-state index is 12.5. The topological polar surface area (TPSA) is 62.5 Å². The summed E-state index contributed by atoms with van der Waals surface area (Å²) in [4.78, 5) is 16.9. The Balaban J connectivity index is 1.37. The molecule has 0 spiro atoms.